The van der Waals surface area contributed by atoms with E-state index in [1.165, 1.54) is 30.3 Å². The van der Waals surface area contributed by atoms with E-state index in [2.05, 4.69) is 4.90 Å². The van der Waals surface area contributed by atoms with Crippen LogP contribution in [0.5, 0.6) is 5.75 Å². The maximum absolute atomic E-state index is 13.1. The zero-order valence-electron chi connectivity index (χ0n) is 16.8. The standard InChI is InChI=1S/C22H24ClFN2O4/c1-14-11-26(15(2)10-25(14)12-16-6-8-17(24)9-7-16)20(27)13-30-21-18(22(28)29)4-3-5-19(21)23/h3-9,14-15H,10-13H2,1-2H3,(H,28,29). The molecule has 0 spiro atoms. The quantitative estimate of drug-likeness (QED) is 0.751. The number of amides is 1. The molecule has 30 heavy (non-hydrogen) atoms. The third kappa shape index (κ3) is 5.09. The molecule has 160 valence electrons. The molecule has 1 amide bonds. The zero-order valence-corrected chi connectivity index (χ0v) is 17.6. The lowest BCUT2D eigenvalue weighted by Gasteiger charge is -2.44. The number of ether oxygens (including phenoxy) is 1. The number of nitrogens with zero attached hydrogens (tertiary/aromatic N) is 2. The Kier molecular flexibility index (Phi) is 6.95. The van der Waals surface area contributed by atoms with Crippen LogP contribution in [0.25, 0.3) is 0 Å². The fraction of sp³-hybridized carbons (Fsp3) is 0.364. The fourth-order valence-corrected chi connectivity index (χ4v) is 3.86. The first-order valence-electron chi connectivity index (χ1n) is 9.68. The van der Waals surface area contributed by atoms with Gasteiger partial charge in [0.05, 0.1) is 5.02 Å². The van der Waals surface area contributed by atoms with E-state index in [9.17, 15) is 19.1 Å². The van der Waals surface area contributed by atoms with E-state index in [1.54, 1.807) is 17.0 Å². The summed E-state index contributed by atoms with van der Waals surface area (Å²) in [5.74, 6) is -1.67. The van der Waals surface area contributed by atoms with Crippen molar-refractivity contribution in [2.45, 2.75) is 32.5 Å². The van der Waals surface area contributed by atoms with Crippen LogP contribution in [-0.2, 0) is 11.3 Å². The van der Waals surface area contributed by atoms with Crippen LogP contribution in [0.2, 0.25) is 5.02 Å². The molecule has 2 aromatic rings. The first kappa shape index (κ1) is 22.1. The number of para-hydroxylation sites is 1. The van der Waals surface area contributed by atoms with Crippen LogP contribution in [0.4, 0.5) is 4.39 Å². The molecule has 2 unspecified atom stereocenters. The fourth-order valence-electron chi connectivity index (χ4n) is 3.63. The maximum Gasteiger partial charge on any atom is 0.339 e. The van der Waals surface area contributed by atoms with Crippen molar-refractivity contribution in [2.75, 3.05) is 19.7 Å². The molecule has 2 aromatic carbocycles. The van der Waals surface area contributed by atoms with E-state index in [0.717, 1.165) is 5.56 Å². The van der Waals surface area contributed by atoms with Crippen molar-refractivity contribution in [1.82, 2.24) is 9.80 Å². The number of halogens is 2. The first-order valence-corrected chi connectivity index (χ1v) is 10.1. The summed E-state index contributed by atoms with van der Waals surface area (Å²) in [6.45, 7) is 5.55. The van der Waals surface area contributed by atoms with Crippen molar-refractivity contribution >= 4 is 23.5 Å². The Hall–Kier alpha value is -2.64. The molecule has 1 fully saturated rings. The SMILES string of the molecule is CC1CN(C(=O)COc2c(Cl)cccc2C(=O)O)C(C)CN1Cc1ccc(F)cc1. The lowest BCUT2D eigenvalue weighted by Crippen LogP contribution is -2.58. The number of hydrogen-bond acceptors (Lipinski definition) is 4. The molecule has 0 bridgehead atoms. The van der Waals surface area contributed by atoms with Gasteiger partial charge in [-0.25, -0.2) is 9.18 Å². The average molecular weight is 435 g/mol. The highest BCUT2D eigenvalue weighted by Crippen LogP contribution is 2.29. The molecule has 1 aliphatic rings. The van der Waals surface area contributed by atoms with Crippen molar-refractivity contribution in [3.8, 4) is 5.75 Å². The Balaban J connectivity index is 1.62. The molecule has 0 radical (unpaired) electrons. The zero-order chi connectivity index (χ0) is 21.8. The molecule has 0 saturated carbocycles. The molecule has 0 aromatic heterocycles. The van der Waals surface area contributed by atoms with Crippen LogP contribution in [0.15, 0.2) is 42.5 Å². The van der Waals surface area contributed by atoms with Gasteiger partial charge in [-0.05, 0) is 43.7 Å². The van der Waals surface area contributed by atoms with Gasteiger partial charge in [-0.15, -0.1) is 0 Å². The van der Waals surface area contributed by atoms with Gasteiger partial charge >= 0.3 is 5.97 Å². The minimum Gasteiger partial charge on any atom is -0.481 e. The summed E-state index contributed by atoms with van der Waals surface area (Å²) < 4.78 is 18.6. The van der Waals surface area contributed by atoms with Crippen LogP contribution in [0, 0.1) is 5.82 Å². The summed E-state index contributed by atoms with van der Waals surface area (Å²) in [6, 6.07) is 10.9. The van der Waals surface area contributed by atoms with Gasteiger partial charge in [-0.1, -0.05) is 29.8 Å². The number of aromatic carboxylic acids is 1. The molecule has 6 nitrogen and oxygen atoms in total. The summed E-state index contributed by atoms with van der Waals surface area (Å²) in [6.07, 6.45) is 0. The van der Waals surface area contributed by atoms with Gasteiger partial charge in [-0.3, -0.25) is 9.69 Å². The van der Waals surface area contributed by atoms with Crippen molar-refractivity contribution in [2.24, 2.45) is 0 Å². The van der Waals surface area contributed by atoms with Gasteiger partial charge in [0, 0.05) is 31.7 Å². The van der Waals surface area contributed by atoms with Crippen molar-refractivity contribution < 1.29 is 23.8 Å². The average Bonchev–Trinajstić information content (AvgIpc) is 2.70. The summed E-state index contributed by atoms with van der Waals surface area (Å²) in [5.41, 5.74) is 0.930. The molecule has 0 aliphatic carbocycles. The Bertz CT molecular complexity index is 922. The van der Waals surface area contributed by atoms with Crippen molar-refractivity contribution in [3.05, 3.63) is 64.4 Å². The Labute approximate surface area is 179 Å². The molecule has 1 heterocycles. The molecular formula is C22H24ClFN2O4. The second-order valence-electron chi connectivity index (χ2n) is 7.51. The van der Waals surface area contributed by atoms with Crippen LogP contribution in [0.3, 0.4) is 0 Å². The van der Waals surface area contributed by atoms with Crippen LogP contribution in [0.1, 0.15) is 29.8 Å². The van der Waals surface area contributed by atoms with E-state index in [4.69, 9.17) is 16.3 Å². The predicted molar refractivity (Wildman–Crippen MR) is 111 cm³/mol. The number of carbonyl (C=O) groups excluding carboxylic acids is 1. The van der Waals surface area contributed by atoms with Gasteiger partial charge in [0.2, 0.25) is 0 Å². The highest BCUT2D eigenvalue weighted by atomic mass is 35.5. The van der Waals surface area contributed by atoms with Gasteiger partial charge < -0.3 is 14.7 Å². The van der Waals surface area contributed by atoms with E-state index >= 15 is 0 Å². The molecule has 1 saturated heterocycles. The second kappa shape index (κ2) is 9.45. The highest BCUT2D eigenvalue weighted by molar-refractivity contribution is 6.32. The maximum atomic E-state index is 13.1. The lowest BCUT2D eigenvalue weighted by atomic mass is 10.1. The van der Waals surface area contributed by atoms with Crippen LogP contribution in [-0.4, -0.2) is 58.6 Å². The Morgan fingerprint density at radius 3 is 2.50 bits per heavy atom. The second-order valence-corrected chi connectivity index (χ2v) is 7.92. The van der Waals surface area contributed by atoms with E-state index in [-0.39, 0.29) is 46.8 Å². The largest absolute Gasteiger partial charge is 0.481 e. The lowest BCUT2D eigenvalue weighted by molar-refractivity contribution is -0.139. The monoisotopic (exact) mass is 434 g/mol. The number of hydrogen-bond donors (Lipinski definition) is 1. The van der Waals surface area contributed by atoms with E-state index < -0.39 is 5.97 Å². The number of piperazine rings is 1. The third-order valence-corrected chi connectivity index (χ3v) is 5.57. The molecular weight excluding hydrogens is 411 g/mol. The Morgan fingerprint density at radius 2 is 1.83 bits per heavy atom. The molecule has 3 rings (SSSR count). The number of carboxylic acids is 1. The highest BCUT2D eigenvalue weighted by Gasteiger charge is 2.32. The van der Waals surface area contributed by atoms with Crippen LogP contribution < -0.4 is 4.74 Å². The number of rotatable bonds is 6. The predicted octanol–water partition coefficient (Wildman–Crippen LogP) is 3.68. The molecule has 1 aliphatic heterocycles. The smallest absolute Gasteiger partial charge is 0.339 e. The molecule has 1 N–H and O–H groups in total. The summed E-state index contributed by atoms with van der Waals surface area (Å²) >= 11 is 6.06. The van der Waals surface area contributed by atoms with Crippen LogP contribution >= 0.6 is 11.6 Å². The Morgan fingerprint density at radius 1 is 1.13 bits per heavy atom. The van der Waals surface area contributed by atoms with E-state index in [1.807, 2.05) is 13.8 Å². The summed E-state index contributed by atoms with van der Waals surface area (Å²) in [5, 5.41) is 9.43. The number of benzene rings is 2. The molecule has 8 heteroatoms. The molecule has 2 atom stereocenters. The van der Waals surface area contributed by atoms with Gasteiger partial charge in [-0.2, -0.15) is 0 Å². The first-order chi connectivity index (χ1) is 14.3. The summed E-state index contributed by atoms with van der Waals surface area (Å²) in [7, 11) is 0. The van der Waals surface area contributed by atoms with Gasteiger partial charge in [0.1, 0.15) is 11.4 Å². The minimum absolute atomic E-state index is 0.00401. The minimum atomic E-state index is -1.17. The normalized spacial score (nSPS) is 19.5. The topological polar surface area (TPSA) is 70.1 Å². The summed E-state index contributed by atoms with van der Waals surface area (Å²) in [4.78, 5) is 28.1. The van der Waals surface area contributed by atoms with Crippen molar-refractivity contribution in [3.63, 3.8) is 0 Å². The number of carboxylic acid groups (broad SMARTS) is 1. The third-order valence-electron chi connectivity index (χ3n) is 5.27. The van der Waals surface area contributed by atoms with Crippen molar-refractivity contribution in [1.29, 1.82) is 0 Å². The van der Waals surface area contributed by atoms with Gasteiger partial charge in [0.25, 0.3) is 5.91 Å². The van der Waals surface area contributed by atoms with Gasteiger partial charge in [0.15, 0.2) is 12.4 Å². The number of carbonyl (C=O) groups is 2. The van der Waals surface area contributed by atoms with E-state index in [0.29, 0.717) is 19.6 Å².